The van der Waals surface area contributed by atoms with Crippen LogP contribution in [0.25, 0.3) is 0 Å². The van der Waals surface area contributed by atoms with Crippen molar-refractivity contribution in [2.24, 2.45) is 0 Å². The molecule has 2 aliphatic rings. The Labute approximate surface area is 116 Å². The molecule has 2 rings (SSSR count). The SMILES string of the molecule is O=C(CCCC[C@H]1CCSS1)N1CCSCC1. The average molecular weight is 292 g/mol. The van der Waals surface area contributed by atoms with Crippen LogP contribution < -0.4 is 0 Å². The quantitative estimate of drug-likeness (QED) is 0.572. The summed E-state index contributed by atoms with van der Waals surface area (Å²) in [5.41, 5.74) is 0. The fourth-order valence-electron chi connectivity index (χ4n) is 2.18. The van der Waals surface area contributed by atoms with Crippen LogP contribution in [0.1, 0.15) is 32.1 Å². The highest BCUT2D eigenvalue weighted by Gasteiger charge is 2.18. The molecule has 1 amide bonds. The first-order chi connectivity index (χ1) is 8.36. The fraction of sp³-hybridized carbons (Fsp3) is 0.917. The molecule has 0 aromatic heterocycles. The number of hydrogen-bond acceptors (Lipinski definition) is 4. The number of carbonyl (C=O) groups excluding carboxylic acids is 1. The van der Waals surface area contributed by atoms with Gasteiger partial charge in [0.1, 0.15) is 0 Å². The van der Waals surface area contributed by atoms with E-state index in [4.69, 9.17) is 0 Å². The van der Waals surface area contributed by atoms with Gasteiger partial charge in [0.15, 0.2) is 0 Å². The van der Waals surface area contributed by atoms with Gasteiger partial charge in [-0.25, -0.2) is 0 Å². The summed E-state index contributed by atoms with van der Waals surface area (Å²) in [5.74, 6) is 3.96. The normalized spacial score (nSPS) is 25.2. The predicted octanol–water partition coefficient (Wildman–Crippen LogP) is 3.28. The Bertz CT molecular complexity index is 238. The zero-order chi connectivity index (χ0) is 11.9. The standard InChI is InChI=1S/C12H21NOS3/c14-12(13-6-9-15-10-7-13)4-2-1-3-11-5-8-16-17-11/h11H,1-10H2/t11-/m0/s1. The van der Waals surface area contributed by atoms with Crippen LogP contribution in [0.5, 0.6) is 0 Å². The molecule has 0 N–H and O–H groups in total. The van der Waals surface area contributed by atoms with Crippen molar-refractivity contribution in [1.82, 2.24) is 4.90 Å². The Morgan fingerprint density at radius 2 is 2.00 bits per heavy atom. The summed E-state index contributed by atoms with van der Waals surface area (Å²) < 4.78 is 0. The van der Waals surface area contributed by atoms with Crippen LogP contribution in [0.2, 0.25) is 0 Å². The Morgan fingerprint density at radius 1 is 1.18 bits per heavy atom. The molecule has 2 nitrogen and oxygen atoms in total. The van der Waals surface area contributed by atoms with Crippen molar-refractivity contribution in [3.05, 3.63) is 0 Å². The molecule has 0 radical (unpaired) electrons. The highest BCUT2D eigenvalue weighted by molar-refractivity contribution is 8.77. The molecule has 0 spiro atoms. The van der Waals surface area contributed by atoms with Crippen LogP contribution in [-0.4, -0.2) is 46.4 Å². The molecule has 0 bridgehead atoms. The molecule has 0 saturated carbocycles. The average Bonchev–Trinajstić information content (AvgIpc) is 2.88. The van der Waals surface area contributed by atoms with Crippen molar-refractivity contribution >= 4 is 39.3 Å². The largest absolute Gasteiger partial charge is 0.341 e. The number of unbranched alkanes of at least 4 members (excludes halogenated alkanes) is 1. The van der Waals surface area contributed by atoms with Crippen molar-refractivity contribution in [1.29, 1.82) is 0 Å². The zero-order valence-electron chi connectivity index (χ0n) is 10.2. The van der Waals surface area contributed by atoms with E-state index < -0.39 is 0 Å². The summed E-state index contributed by atoms with van der Waals surface area (Å²) >= 11 is 1.96. The van der Waals surface area contributed by atoms with Crippen LogP contribution in [0.4, 0.5) is 0 Å². The van der Waals surface area contributed by atoms with E-state index in [1.165, 1.54) is 25.0 Å². The van der Waals surface area contributed by atoms with Crippen molar-refractivity contribution in [3.8, 4) is 0 Å². The Hall–Kier alpha value is 0.520. The second-order valence-electron chi connectivity index (χ2n) is 4.57. The first-order valence-electron chi connectivity index (χ1n) is 6.50. The molecule has 2 saturated heterocycles. The maximum atomic E-state index is 11.9. The minimum absolute atomic E-state index is 0.388. The lowest BCUT2D eigenvalue weighted by molar-refractivity contribution is -0.130. The number of carbonyl (C=O) groups is 1. The van der Waals surface area contributed by atoms with E-state index in [9.17, 15) is 4.79 Å². The van der Waals surface area contributed by atoms with Crippen molar-refractivity contribution in [2.75, 3.05) is 30.3 Å². The molecule has 2 heterocycles. The van der Waals surface area contributed by atoms with Gasteiger partial charge in [0.25, 0.3) is 0 Å². The summed E-state index contributed by atoms with van der Waals surface area (Å²) in [4.78, 5) is 14.0. The van der Waals surface area contributed by atoms with Gasteiger partial charge in [0, 0.05) is 42.0 Å². The molecule has 5 heteroatoms. The van der Waals surface area contributed by atoms with Crippen molar-refractivity contribution in [3.63, 3.8) is 0 Å². The lowest BCUT2D eigenvalue weighted by Gasteiger charge is -2.26. The van der Waals surface area contributed by atoms with Gasteiger partial charge in [0.05, 0.1) is 0 Å². The van der Waals surface area contributed by atoms with Crippen LogP contribution in [0, 0.1) is 0 Å². The van der Waals surface area contributed by atoms with E-state index in [1.807, 2.05) is 33.3 Å². The number of hydrogen-bond donors (Lipinski definition) is 0. The summed E-state index contributed by atoms with van der Waals surface area (Å²) in [6, 6.07) is 0. The number of rotatable bonds is 5. The third kappa shape index (κ3) is 4.95. The molecule has 2 fully saturated rings. The highest BCUT2D eigenvalue weighted by atomic mass is 33.1. The van der Waals surface area contributed by atoms with E-state index >= 15 is 0 Å². The summed E-state index contributed by atoms with van der Waals surface area (Å²) in [6.07, 6.45) is 5.76. The smallest absolute Gasteiger partial charge is 0.222 e. The molecular weight excluding hydrogens is 270 g/mol. The number of nitrogens with zero attached hydrogens (tertiary/aromatic N) is 1. The monoisotopic (exact) mass is 291 g/mol. The topological polar surface area (TPSA) is 20.3 Å². The van der Waals surface area contributed by atoms with Crippen LogP contribution in [0.15, 0.2) is 0 Å². The van der Waals surface area contributed by atoms with E-state index in [2.05, 4.69) is 4.90 Å². The predicted molar refractivity (Wildman–Crippen MR) is 80.8 cm³/mol. The van der Waals surface area contributed by atoms with E-state index in [-0.39, 0.29) is 0 Å². The van der Waals surface area contributed by atoms with Gasteiger partial charge in [-0.1, -0.05) is 28.0 Å². The second-order valence-corrected chi connectivity index (χ2v) is 8.58. The fourth-order valence-corrected chi connectivity index (χ4v) is 6.11. The van der Waals surface area contributed by atoms with Crippen LogP contribution >= 0.6 is 33.3 Å². The molecule has 2 aliphatic heterocycles. The molecule has 0 aromatic rings. The van der Waals surface area contributed by atoms with Gasteiger partial charge in [0.2, 0.25) is 5.91 Å². The van der Waals surface area contributed by atoms with Gasteiger partial charge in [-0.05, 0) is 19.3 Å². The molecule has 0 unspecified atom stereocenters. The molecule has 1 atom stereocenters. The minimum atomic E-state index is 0.388. The van der Waals surface area contributed by atoms with E-state index in [1.54, 1.807) is 0 Å². The maximum Gasteiger partial charge on any atom is 0.222 e. The summed E-state index contributed by atoms with van der Waals surface area (Å²) in [5, 5.41) is 0.862. The molecule has 0 aromatic carbocycles. The van der Waals surface area contributed by atoms with Crippen molar-refractivity contribution < 1.29 is 4.79 Å². The maximum absolute atomic E-state index is 11.9. The van der Waals surface area contributed by atoms with Crippen LogP contribution in [-0.2, 0) is 4.79 Å². The molecular formula is C12H21NOS3. The third-order valence-corrected chi connectivity index (χ3v) is 7.21. The lowest BCUT2D eigenvalue weighted by Crippen LogP contribution is -2.37. The minimum Gasteiger partial charge on any atom is -0.341 e. The molecule has 17 heavy (non-hydrogen) atoms. The van der Waals surface area contributed by atoms with Gasteiger partial charge in [-0.15, -0.1) is 0 Å². The lowest BCUT2D eigenvalue weighted by atomic mass is 10.1. The Balaban J connectivity index is 1.53. The second kappa shape index (κ2) is 7.85. The first kappa shape index (κ1) is 13.9. The van der Waals surface area contributed by atoms with E-state index in [0.717, 1.165) is 42.7 Å². The van der Waals surface area contributed by atoms with Gasteiger partial charge >= 0.3 is 0 Å². The third-order valence-electron chi connectivity index (χ3n) is 3.26. The Kier molecular flexibility index (Phi) is 6.43. The molecule has 98 valence electrons. The number of amides is 1. The van der Waals surface area contributed by atoms with E-state index in [0.29, 0.717) is 5.91 Å². The zero-order valence-corrected chi connectivity index (χ0v) is 12.7. The van der Waals surface area contributed by atoms with Gasteiger partial charge in [-0.2, -0.15) is 11.8 Å². The first-order valence-corrected chi connectivity index (χ1v) is 10.0. The number of thioether (sulfide) groups is 1. The Morgan fingerprint density at radius 3 is 2.71 bits per heavy atom. The van der Waals surface area contributed by atoms with Crippen LogP contribution in [0.3, 0.4) is 0 Å². The van der Waals surface area contributed by atoms with Gasteiger partial charge in [-0.3, -0.25) is 4.79 Å². The molecule has 0 aliphatic carbocycles. The summed E-state index contributed by atoms with van der Waals surface area (Å²) in [7, 11) is 4.06. The van der Waals surface area contributed by atoms with Gasteiger partial charge < -0.3 is 4.90 Å². The highest BCUT2D eigenvalue weighted by Crippen LogP contribution is 2.39. The summed E-state index contributed by atoms with van der Waals surface area (Å²) in [6.45, 7) is 1.94. The van der Waals surface area contributed by atoms with Crippen molar-refractivity contribution in [2.45, 2.75) is 37.4 Å².